The van der Waals surface area contributed by atoms with Crippen LogP contribution in [-0.4, -0.2) is 30.4 Å². The molecule has 3 aromatic carbocycles. The molecule has 0 aliphatic heterocycles. The van der Waals surface area contributed by atoms with E-state index in [1.165, 1.54) is 13.2 Å². The largest absolute Gasteiger partial charge is 0.486 e. The van der Waals surface area contributed by atoms with E-state index in [-0.39, 0.29) is 12.4 Å². The number of ketones is 1. The molecule has 1 N–H and O–H groups in total. The topological polar surface area (TPSA) is 89.1 Å². The van der Waals surface area contributed by atoms with Crippen LogP contribution < -0.4 is 4.74 Å². The Bertz CT molecular complexity index is 1340. The summed E-state index contributed by atoms with van der Waals surface area (Å²) in [5.41, 5.74) is 3.63. The maximum atomic E-state index is 12.1. The molecule has 0 bridgehead atoms. The van der Waals surface area contributed by atoms with E-state index in [4.69, 9.17) is 4.74 Å². The van der Waals surface area contributed by atoms with Crippen LogP contribution in [0.15, 0.2) is 71.6 Å². The number of hydrogen-bond donors (Lipinski definition) is 1. The first kappa shape index (κ1) is 19.8. The number of hydrogen-bond acceptors (Lipinski definition) is 5. The molecule has 0 fully saturated rings. The third-order valence-electron chi connectivity index (χ3n) is 4.76. The van der Waals surface area contributed by atoms with Gasteiger partial charge >= 0.3 is 0 Å². The zero-order valence-corrected chi connectivity index (χ0v) is 17.4. The number of aromatic amines is 1. The minimum atomic E-state index is -3.34. The summed E-state index contributed by atoms with van der Waals surface area (Å²) in [6, 6.07) is 19.5. The molecule has 7 heteroatoms. The number of Topliss-reactive ketones (excluding diaryl/α,β-unsaturated/α-hetero) is 1. The van der Waals surface area contributed by atoms with Crippen molar-refractivity contribution < 1.29 is 17.9 Å². The van der Waals surface area contributed by atoms with Crippen molar-refractivity contribution in [2.24, 2.45) is 0 Å². The Hall–Kier alpha value is -3.45. The number of nitrogens with zero attached hydrogens (tertiary/aromatic N) is 1. The molecule has 0 aliphatic rings. The lowest BCUT2D eigenvalue weighted by atomic mass is 10.1. The molecule has 4 rings (SSSR count). The number of rotatable bonds is 6. The minimum Gasteiger partial charge on any atom is -0.486 e. The van der Waals surface area contributed by atoms with Gasteiger partial charge in [-0.1, -0.05) is 24.3 Å². The summed E-state index contributed by atoms with van der Waals surface area (Å²) in [5.74, 6) is 1.30. The Kier molecular flexibility index (Phi) is 5.13. The number of H-pyrrole nitrogens is 1. The van der Waals surface area contributed by atoms with Crippen LogP contribution in [0.4, 0.5) is 0 Å². The quantitative estimate of drug-likeness (QED) is 0.467. The zero-order chi connectivity index (χ0) is 21.3. The Morgan fingerprint density at radius 1 is 1.03 bits per heavy atom. The van der Waals surface area contributed by atoms with E-state index in [0.717, 1.165) is 16.6 Å². The van der Waals surface area contributed by atoms with E-state index in [9.17, 15) is 13.2 Å². The molecule has 1 aromatic heterocycles. The van der Waals surface area contributed by atoms with Crippen LogP contribution >= 0.6 is 0 Å². The average Bonchev–Trinajstić information content (AvgIpc) is 3.14. The van der Waals surface area contributed by atoms with E-state index in [2.05, 4.69) is 9.97 Å². The van der Waals surface area contributed by atoms with Gasteiger partial charge in [-0.3, -0.25) is 4.79 Å². The van der Waals surface area contributed by atoms with Gasteiger partial charge in [-0.15, -0.1) is 0 Å². The molecule has 0 spiro atoms. The molecular formula is C23H20N2O4S. The van der Waals surface area contributed by atoms with Gasteiger partial charge in [-0.2, -0.15) is 0 Å². The number of carbonyl (C=O) groups is 1. The molecule has 0 saturated carbocycles. The molecule has 0 aliphatic carbocycles. The van der Waals surface area contributed by atoms with Crippen molar-refractivity contribution in [1.82, 2.24) is 9.97 Å². The van der Waals surface area contributed by atoms with Crippen molar-refractivity contribution in [1.29, 1.82) is 0 Å². The van der Waals surface area contributed by atoms with Crippen molar-refractivity contribution in [3.05, 3.63) is 78.1 Å². The fraction of sp³-hybridized carbons (Fsp3) is 0.130. The molecule has 0 saturated heterocycles. The van der Waals surface area contributed by atoms with Gasteiger partial charge in [0.25, 0.3) is 0 Å². The van der Waals surface area contributed by atoms with E-state index in [0.29, 0.717) is 27.6 Å². The molecule has 1 heterocycles. The maximum absolute atomic E-state index is 12.1. The summed E-state index contributed by atoms with van der Waals surface area (Å²) < 4.78 is 30.0. The number of sulfone groups is 1. The van der Waals surface area contributed by atoms with Crippen LogP contribution in [0.3, 0.4) is 0 Å². The Morgan fingerprint density at radius 2 is 1.77 bits per heavy atom. The zero-order valence-electron chi connectivity index (χ0n) is 16.5. The first-order chi connectivity index (χ1) is 14.3. The molecule has 0 unspecified atom stereocenters. The lowest BCUT2D eigenvalue weighted by Gasteiger charge is -2.07. The minimum absolute atomic E-state index is 0.00656. The van der Waals surface area contributed by atoms with Crippen LogP contribution in [-0.2, 0) is 16.4 Å². The lowest BCUT2D eigenvalue weighted by Crippen LogP contribution is -1.99. The van der Waals surface area contributed by atoms with Crippen LogP contribution in [0, 0.1) is 0 Å². The standard InChI is InChI=1S/C23H20N2O4S/c1-15(26)16-7-10-18(11-8-16)29-14-23-24-20-12-9-17(13-21(20)25-23)19-5-3-4-6-22(19)30(2,27)28/h3-13H,14H2,1-2H3,(H,24,25). The highest BCUT2D eigenvalue weighted by Crippen LogP contribution is 2.29. The number of carbonyl (C=O) groups excluding carboxylic acids is 1. The summed E-state index contributed by atoms with van der Waals surface area (Å²) >= 11 is 0. The van der Waals surface area contributed by atoms with Gasteiger partial charge in [0, 0.05) is 17.4 Å². The second-order valence-electron chi connectivity index (χ2n) is 7.05. The van der Waals surface area contributed by atoms with E-state index in [1.54, 1.807) is 42.5 Å². The van der Waals surface area contributed by atoms with Crippen molar-refractivity contribution in [2.45, 2.75) is 18.4 Å². The molecule has 152 valence electrons. The summed E-state index contributed by atoms with van der Waals surface area (Å²) in [4.78, 5) is 19.4. The molecule has 0 radical (unpaired) electrons. The molecule has 30 heavy (non-hydrogen) atoms. The second kappa shape index (κ2) is 7.76. The molecular weight excluding hydrogens is 400 g/mol. The predicted octanol–water partition coefficient (Wildman–Crippen LogP) is 4.42. The highest BCUT2D eigenvalue weighted by atomic mass is 32.2. The fourth-order valence-corrected chi connectivity index (χ4v) is 4.18. The van der Waals surface area contributed by atoms with Crippen molar-refractivity contribution >= 4 is 26.7 Å². The highest BCUT2D eigenvalue weighted by molar-refractivity contribution is 7.90. The number of imidazole rings is 1. The maximum Gasteiger partial charge on any atom is 0.176 e. The Balaban J connectivity index is 1.58. The molecule has 0 atom stereocenters. The number of benzene rings is 3. The van der Waals surface area contributed by atoms with Crippen LogP contribution in [0.2, 0.25) is 0 Å². The van der Waals surface area contributed by atoms with Crippen molar-refractivity contribution in [3.8, 4) is 16.9 Å². The smallest absolute Gasteiger partial charge is 0.176 e. The third kappa shape index (κ3) is 4.11. The van der Waals surface area contributed by atoms with Gasteiger partial charge in [-0.05, 0) is 55.0 Å². The first-order valence-corrected chi connectivity index (χ1v) is 11.2. The molecule has 6 nitrogen and oxygen atoms in total. The number of nitrogens with one attached hydrogen (secondary N) is 1. The SMILES string of the molecule is CC(=O)c1ccc(OCc2nc3ccc(-c4ccccc4S(C)(=O)=O)cc3[nH]2)cc1. The summed E-state index contributed by atoms with van der Waals surface area (Å²) in [6.45, 7) is 1.76. The Morgan fingerprint density at radius 3 is 2.47 bits per heavy atom. The summed E-state index contributed by atoms with van der Waals surface area (Å²) in [5, 5.41) is 0. The molecule has 0 amide bonds. The third-order valence-corrected chi connectivity index (χ3v) is 5.92. The van der Waals surface area contributed by atoms with Gasteiger partial charge in [0.1, 0.15) is 18.2 Å². The predicted molar refractivity (Wildman–Crippen MR) is 115 cm³/mol. The highest BCUT2D eigenvalue weighted by Gasteiger charge is 2.15. The number of ether oxygens (including phenoxy) is 1. The van der Waals surface area contributed by atoms with Gasteiger partial charge in [0.05, 0.1) is 15.9 Å². The second-order valence-corrected chi connectivity index (χ2v) is 9.04. The number of fused-ring (bicyclic) bond motifs is 1. The van der Waals surface area contributed by atoms with Crippen molar-refractivity contribution in [3.63, 3.8) is 0 Å². The van der Waals surface area contributed by atoms with Crippen LogP contribution in [0.1, 0.15) is 23.1 Å². The average molecular weight is 420 g/mol. The van der Waals surface area contributed by atoms with Gasteiger partial charge in [0.15, 0.2) is 15.6 Å². The van der Waals surface area contributed by atoms with Gasteiger partial charge in [-0.25, -0.2) is 13.4 Å². The number of aromatic nitrogens is 2. The lowest BCUT2D eigenvalue weighted by molar-refractivity contribution is 0.101. The van der Waals surface area contributed by atoms with Gasteiger partial charge < -0.3 is 9.72 Å². The van der Waals surface area contributed by atoms with Crippen molar-refractivity contribution in [2.75, 3.05) is 6.26 Å². The summed E-state index contributed by atoms with van der Waals surface area (Å²) in [6.07, 6.45) is 1.21. The Labute approximate surface area is 174 Å². The van der Waals surface area contributed by atoms with Gasteiger partial charge in [0.2, 0.25) is 0 Å². The fourth-order valence-electron chi connectivity index (χ4n) is 3.26. The van der Waals surface area contributed by atoms with E-state index < -0.39 is 9.84 Å². The monoisotopic (exact) mass is 420 g/mol. The first-order valence-electron chi connectivity index (χ1n) is 9.33. The van der Waals surface area contributed by atoms with Crippen LogP contribution in [0.5, 0.6) is 5.75 Å². The normalized spacial score (nSPS) is 11.5. The van der Waals surface area contributed by atoms with Crippen LogP contribution in [0.25, 0.3) is 22.2 Å². The molecule has 4 aromatic rings. The van der Waals surface area contributed by atoms with E-state index >= 15 is 0 Å². The van der Waals surface area contributed by atoms with E-state index in [1.807, 2.05) is 24.3 Å². The summed E-state index contributed by atoms with van der Waals surface area (Å²) in [7, 11) is -3.34.